The number of esters is 1. The summed E-state index contributed by atoms with van der Waals surface area (Å²) in [5.41, 5.74) is 5.44. The number of methoxy groups -OCH3 is 1. The van der Waals surface area contributed by atoms with Gasteiger partial charge in [0.25, 0.3) is 0 Å². The molecular weight excluding hydrogens is 468 g/mol. The molecule has 2 unspecified atom stereocenters. The van der Waals surface area contributed by atoms with Crippen molar-refractivity contribution in [1.82, 2.24) is 10.1 Å². The molecule has 37 heavy (non-hydrogen) atoms. The second-order valence-electron chi connectivity index (χ2n) is 10.4. The Kier molecular flexibility index (Phi) is 7.52. The average Bonchev–Trinajstić information content (AvgIpc) is 3.57. The number of hydrogen-bond donors (Lipinski definition) is 0. The fraction of sp³-hybridized carbons (Fsp3) is 0.367. The molecule has 0 aliphatic heterocycles. The van der Waals surface area contributed by atoms with Crippen LogP contribution >= 0.6 is 0 Å². The molecule has 0 radical (unpaired) electrons. The number of aromatic nitrogens is 1. The fourth-order valence-corrected chi connectivity index (χ4v) is 4.48. The number of ether oxygens (including phenoxy) is 2. The minimum absolute atomic E-state index is 0.0543. The largest absolute Gasteiger partial charge is 0.466 e. The van der Waals surface area contributed by atoms with Gasteiger partial charge < -0.3 is 18.9 Å². The van der Waals surface area contributed by atoms with Gasteiger partial charge in [0.2, 0.25) is 0 Å². The van der Waals surface area contributed by atoms with Crippen molar-refractivity contribution in [2.75, 3.05) is 7.11 Å². The molecule has 0 N–H and O–H groups in total. The smallest absolute Gasteiger partial charge is 0.410 e. The number of amides is 1. The molecule has 4 rings (SSSR count). The Hall–Kier alpha value is -3.87. The molecule has 0 spiro atoms. The molecule has 7 heteroatoms. The van der Waals surface area contributed by atoms with Gasteiger partial charge in [0, 0.05) is 30.1 Å². The Morgan fingerprint density at radius 1 is 1.08 bits per heavy atom. The minimum Gasteiger partial charge on any atom is -0.466 e. The average molecular weight is 503 g/mol. The first-order chi connectivity index (χ1) is 17.6. The second-order valence-corrected chi connectivity index (χ2v) is 10.4. The third-order valence-corrected chi connectivity index (χ3v) is 6.39. The summed E-state index contributed by atoms with van der Waals surface area (Å²) >= 11 is 0. The van der Waals surface area contributed by atoms with E-state index in [9.17, 15) is 9.59 Å². The quantitative estimate of drug-likeness (QED) is 0.273. The van der Waals surface area contributed by atoms with Crippen molar-refractivity contribution in [3.05, 3.63) is 82.8 Å². The van der Waals surface area contributed by atoms with E-state index in [0.29, 0.717) is 6.54 Å². The summed E-state index contributed by atoms with van der Waals surface area (Å²) in [6, 6.07) is 16.3. The zero-order valence-electron chi connectivity index (χ0n) is 22.3. The number of carbonyl (C=O) groups excluding carboxylic acids is 2. The molecule has 1 heterocycles. The molecule has 194 valence electrons. The lowest BCUT2D eigenvalue weighted by Gasteiger charge is -2.28. The van der Waals surface area contributed by atoms with E-state index in [-0.39, 0.29) is 18.1 Å². The zero-order valence-corrected chi connectivity index (χ0v) is 22.3. The first-order valence-corrected chi connectivity index (χ1v) is 12.4. The van der Waals surface area contributed by atoms with E-state index < -0.39 is 11.6 Å². The van der Waals surface area contributed by atoms with E-state index in [1.165, 1.54) is 18.7 Å². The maximum Gasteiger partial charge on any atom is 0.410 e. The van der Waals surface area contributed by atoms with Crippen LogP contribution in [0.15, 0.2) is 59.1 Å². The molecule has 0 bridgehead atoms. The summed E-state index contributed by atoms with van der Waals surface area (Å²) in [5, 5.41) is 4.06. The van der Waals surface area contributed by atoms with Crippen molar-refractivity contribution >= 4 is 18.1 Å². The number of nitrogens with zero attached hydrogens (tertiary/aromatic N) is 2. The second kappa shape index (κ2) is 10.6. The van der Waals surface area contributed by atoms with Gasteiger partial charge in [0.1, 0.15) is 11.4 Å². The summed E-state index contributed by atoms with van der Waals surface area (Å²) in [6.07, 6.45) is 3.64. The Labute approximate surface area is 218 Å². The number of rotatable bonds is 7. The molecule has 2 atom stereocenters. The van der Waals surface area contributed by atoms with Crippen molar-refractivity contribution < 1.29 is 23.6 Å². The van der Waals surface area contributed by atoms with Crippen LogP contribution in [0.1, 0.15) is 61.3 Å². The molecule has 1 aliphatic carbocycles. The number of aryl methyl sites for hydroxylation is 2. The molecule has 3 aromatic rings. The fourth-order valence-electron chi connectivity index (χ4n) is 4.48. The maximum atomic E-state index is 13.2. The highest BCUT2D eigenvalue weighted by molar-refractivity contribution is 5.86. The SMILES string of the molecule is COC(=O)/C=C/c1ccc(CN(C(=O)OC(C)(C)C)C2CC2c2ccc(-c3c(C)noc3C)cc2)cc1. The summed E-state index contributed by atoms with van der Waals surface area (Å²) < 4.78 is 15.7. The Morgan fingerprint density at radius 2 is 1.76 bits per heavy atom. The van der Waals surface area contributed by atoms with Gasteiger partial charge in [-0.15, -0.1) is 0 Å². The molecule has 1 saturated carbocycles. The standard InChI is InChI=1S/C30H34N2O5/c1-19-28(20(2)37-31-19)24-14-12-23(13-15-24)25-17-26(25)32(29(34)36-30(3,4)5)18-22-9-7-21(8-10-22)11-16-27(33)35-6/h7-16,25-26H,17-18H2,1-6H3/b16-11+. The molecule has 1 amide bonds. The van der Waals surface area contributed by atoms with Crippen LogP contribution in [-0.4, -0.2) is 40.9 Å². The van der Waals surface area contributed by atoms with Gasteiger partial charge in [-0.1, -0.05) is 53.7 Å². The first-order valence-electron chi connectivity index (χ1n) is 12.4. The van der Waals surface area contributed by atoms with Gasteiger partial charge in [0.05, 0.1) is 12.8 Å². The van der Waals surface area contributed by atoms with E-state index in [1.54, 1.807) is 6.08 Å². The van der Waals surface area contributed by atoms with Gasteiger partial charge in [-0.25, -0.2) is 9.59 Å². The van der Waals surface area contributed by atoms with E-state index in [0.717, 1.165) is 40.1 Å². The normalized spacial score (nSPS) is 17.0. The van der Waals surface area contributed by atoms with Crippen LogP contribution in [0.2, 0.25) is 0 Å². The molecule has 7 nitrogen and oxygen atoms in total. The predicted octanol–water partition coefficient (Wildman–Crippen LogP) is 6.44. The van der Waals surface area contributed by atoms with Crippen molar-refractivity contribution in [1.29, 1.82) is 0 Å². The van der Waals surface area contributed by atoms with Crippen LogP contribution in [-0.2, 0) is 20.8 Å². The molecule has 2 aromatic carbocycles. The van der Waals surface area contributed by atoms with E-state index in [2.05, 4.69) is 34.2 Å². The predicted molar refractivity (Wildman–Crippen MR) is 142 cm³/mol. The first kappa shape index (κ1) is 26.2. The van der Waals surface area contributed by atoms with Crippen molar-refractivity contribution in [3.8, 4) is 11.1 Å². The van der Waals surface area contributed by atoms with Gasteiger partial charge in [0.15, 0.2) is 0 Å². The summed E-state index contributed by atoms with van der Waals surface area (Å²) in [5.74, 6) is 0.644. The summed E-state index contributed by atoms with van der Waals surface area (Å²) in [6.45, 7) is 9.93. The van der Waals surface area contributed by atoms with E-state index in [1.807, 2.05) is 63.8 Å². The maximum absolute atomic E-state index is 13.2. The highest BCUT2D eigenvalue weighted by atomic mass is 16.6. The number of carbonyl (C=O) groups is 2. The minimum atomic E-state index is -0.585. The van der Waals surface area contributed by atoms with Gasteiger partial charge >= 0.3 is 12.1 Å². The summed E-state index contributed by atoms with van der Waals surface area (Å²) in [4.78, 5) is 26.4. The van der Waals surface area contributed by atoms with Crippen LogP contribution in [0.3, 0.4) is 0 Å². The Morgan fingerprint density at radius 3 is 2.32 bits per heavy atom. The zero-order chi connectivity index (χ0) is 26.7. The van der Waals surface area contributed by atoms with Crippen molar-refractivity contribution in [2.24, 2.45) is 0 Å². The Bertz CT molecular complexity index is 1260. The Balaban J connectivity index is 1.50. The van der Waals surface area contributed by atoms with E-state index in [4.69, 9.17) is 9.26 Å². The molecule has 0 saturated heterocycles. The van der Waals surface area contributed by atoms with E-state index >= 15 is 0 Å². The molecule has 1 aromatic heterocycles. The van der Waals surface area contributed by atoms with Gasteiger partial charge in [-0.05, 0) is 69.4 Å². The third-order valence-electron chi connectivity index (χ3n) is 6.39. The highest BCUT2D eigenvalue weighted by Crippen LogP contribution is 2.46. The monoisotopic (exact) mass is 502 g/mol. The lowest BCUT2D eigenvalue weighted by Crippen LogP contribution is -2.38. The third kappa shape index (κ3) is 6.47. The topological polar surface area (TPSA) is 81.9 Å². The van der Waals surface area contributed by atoms with Crippen LogP contribution in [0, 0.1) is 13.8 Å². The lowest BCUT2D eigenvalue weighted by atomic mass is 10.0. The van der Waals surface area contributed by atoms with Crippen LogP contribution in [0.5, 0.6) is 0 Å². The number of benzene rings is 2. The lowest BCUT2D eigenvalue weighted by molar-refractivity contribution is -0.134. The van der Waals surface area contributed by atoms with Crippen LogP contribution < -0.4 is 0 Å². The van der Waals surface area contributed by atoms with Crippen molar-refractivity contribution in [2.45, 2.75) is 65.1 Å². The number of hydrogen-bond acceptors (Lipinski definition) is 6. The van der Waals surface area contributed by atoms with Gasteiger partial charge in [-0.2, -0.15) is 0 Å². The van der Waals surface area contributed by atoms with Crippen LogP contribution in [0.25, 0.3) is 17.2 Å². The molecule has 1 aliphatic rings. The molecule has 1 fully saturated rings. The highest BCUT2D eigenvalue weighted by Gasteiger charge is 2.46. The summed E-state index contributed by atoms with van der Waals surface area (Å²) in [7, 11) is 1.35. The van der Waals surface area contributed by atoms with Gasteiger partial charge in [-0.3, -0.25) is 0 Å². The van der Waals surface area contributed by atoms with Crippen LogP contribution in [0.4, 0.5) is 4.79 Å². The molecular formula is C30H34N2O5. The van der Waals surface area contributed by atoms with Crippen molar-refractivity contribution in [3.63, 3.8) is 0 Å².